The SMILES string of the molecule is Cc1cc(C)c(C)c(-c2ccc3c(C)cccc3[n+]2C)c1.Cc1ccc(C)c(-c2ccc3c(C)cccc3[n+]2C)c1.Cc1ccc(C)c(-c2ccc3cc(C)ccc3[n+]2C)c1.Cc1ccc2c(ccc(-c3ccccc3C)[n+]2C)c1.Cc1ccccc1-c1ccc2c(C)cccc2[n+]1C. The average Bonchev–Trinajstić information content (AvgIpc) is 0.805. The number of aromatic nitrogens is 5. The molecule has 5 heteroatoms. The van der Waals surface area contributed by atoms with E-state index in [9.17, 15) is 0 Å². The van der Waals surface area contributed by atoms with Gasteiger partial charge in [0.05, 0.1) is 0 Å². The van der Waals surface area contributed by atoms with Crippen LogP contribution >= 0.6 is 0 Å². The maximum atomic E-state index is 2.31. The van der Waals surface area contributed by atoms with Crippen LogP contribution < -0.4 is 22.8 Å². The van der Waals surface area contributed by atoms with E-state index in [4.69, 9.17) is 0 Å². The van der Waals surface area contributed by atoms with Crippen molar-refractivity contribution in [3.63, 3.8) is 0 Å². The molecule has 0 spiro atoms. The number of rotatable bonds is 5. The zero-order valence-electron chi connectivity index (χ0n) is 61.9. The molecule has 0 saturated heterocycles. The second kappa shape index (κ2) is 29.9. The van der Waals surface area contributed by atoms with Gasteiger partial charge < -0.3 is 0 Å². The van der Waals surface area contributed by atoms with Gasteiger partial charge in [-0.3, -0.25) is 0 Å². The van der Waals surface area contributed by atoms with E-state index in [1.807, 2.05) is 0 Å². The van der Waals surface area contributed by atoms with Crippen molar-refractivity contribution >= 4 is 54.5 Å². The van der Waals surface area contributed by atoms with Gasteiger partial charge in [-0.15, -0.1) is 0 Å². The van der Waals surface area contributed by atoms with Crippen LogP contribution in [0.2, 0.25) is 0 Å². The van der Waals surface area contributed by atoms with Crippen LogP contribution in [0.25, 0.3) is 111 Å². The van der Waals surface area contributed by atoms with Crippen LogP contribution in [0.1, 0.15) is 77.9 Å². The summed E-state index contributed by atoms with van der Waals surface area (Å²) >= 11 is 0. The van der Waals surface area contributed by atoms with Gasteiger partial charge in [0.1, 0.15) is 35.2 Å². The highest BCUT2D eigenvalue weighted by Gasteiger charge is 2.22. The van der Waals surface area contributed by atoms with E-state index in [0.29, 0.717) is 0 Å². The van der Waals surface area contributed by atoms with Gasteiger partial charge in [-0.25, -0.2) is 0 Å². The first-order chi connectivity index (χ1) is 47.5. The van der Waals surface area contributed by atoms with Crippen molar-refractivity contribution in [3.05, 3.63) is 327 Å². The van der Waals surface area contributed by atoms with Crippen molar-refractivity contribution in [1.82, 2.24) is 0 Å². The van der Waals surface area contributed by atoms with Gasteiger partial charge in [0.2, 0.25) is 56.1 Å². The fourth-order valence-electron chi connectivity index (χ4n) is 14.2. The molecule has 5 aromatic heterocycles. The number of hydrogen-bond donors (Lipinski definition) is 0. The minimum atomic E-state index is 1.26. The van der Waals surface area contributed by atoms with E-state index >= 15 is 0 Å². The first kappa shape index (κ1) is 69.6. The normalized spacial score (nSPS) is 11.0. The number of nitrogens with zero attached hydrogens (tertiary/aromatic N) is 5. The number of benzene rings is 10. The summed E-state index contributed by atoms with van der Waals surface area (Å²) in [7, 11) is 10.7. The molecule has 0 N–H and O–H groups in total. The maximum Gasteiger partial charge on any atom is 0.213 e. The Balaban J connectivity index is 0.000000125. The van der Waals surface area contributed by atoms with Gasteiger partial charge >= 0.3 is 0 Å². The van der Waals surface area contributed by atoms with Crippen molar-refractivity contribution in [2.75, 3.05) is 0 Å². The van der Waals surface area contributed by atoms with Crippen LogP contribution in [0, 0.1) is 96.9 Å². The van der Waals surface area contributed by atoms with Crippen molar-refractivity contribution in [1.29, 1.82) is 0 Å². The molecule has 0 saturated carbocycles. The van der Waals surface area contributed by atoms with E-state index in [-0.39, 0.29) is 0 Å². The van der Waals surface area contributed by atoms with E-state index in [0.717, 1.165) is 0 Å². The molecule has 0 unspecified atom stereocenters. The lowest BCUT2D eigenvalue weighted by atomic mass is 9.96. The number of pyridine rings is 5. The van der Waals surface area contributed by atoms with Gasteiger partial charge in [-0.1, -0.05) is 143 Å². The molecule has 0 aliphatic carbocycles. The molecule has 0 amide bonds. The molecule has 5 nitrogen and oxygen atoms in total. The molecule has 0 radical (unpaired) electrons. The second-order valence-corrected chi connectivity index (χ2v) is 27.6. The molecule has 494 valence electrons. The van der Waals surface area contributed by atoms with Crippen LogP contribution in [-0.4, -0.2) is 0 Å². The fourth-order valence-corrected chi connectivity index (χ4v) is 14.2. The molecule has 0 aliphatic rings. The summed E-state index contributed by atoms with van der Waals surface area (Å²) in [5.74, 6) is 0. The maximum absolute atomic E-state index is 2.31. The standard InChI is InChI=1S/C20H22N.2C19H20N.2C18H18N/c1-13-11-15(3)16(4)18(12-13)20-10-9-17-14(2)7-6-8-19(17)21(20)5;1-13-6-9-18-16(11-13)8-10-19(20(18)4)17-12-14(2)5-7-15(17)3;1-13-8-9-15(3)17(12-13)19-11-10-16-14(2)6-5-7-18(16)20(19)4;1-13-7-4-5-9-15(13)18-12-11-16-14(2)8-6-10-17(16)19(18)3;1-13-8-10-17-15(12-13)9-11-18(19(17)3)16-7-5-4-6-14(16)2/h6-12H,1-5H3;2*5-12H,1-4H3;2*4-12H,1-3H3/q5*+1. The highest BCUT2D eigenvalue weighted by Crippen LogP contribution is 2.31. The quantitative estimate of drug-likeness (QED) is 0.153. The molecule has 10 aromatic carbocycles. The molecular weight excluding hydrogens is 1200 g/mol. The summed E-state index contributed by atoms with van der Waals surface area (Å²) in [6, 6.07) is 89.9. The lowest BCUT2D eigenvalue weighted by molar-refractivity contribution is -0.633. The third kappa shape index (κ3) is 14.9. The van der Waals surface area contributed by atoms with Gasteiger partial charge in [0.15, 0.2) is 0 Å². The molecule has 0 aliphatic heterocycles. The van der Waals surface area contributed by atoms with Crippen LogP contribution in [0.4, 0.5) is 0 Å². The van der Waals surface area contributed by atoms with Gasteiger partial charge in [-0.2, -0.15) is 22.8 Å². The predicted octanol–water partition coefficient (Wildman–Crippen LogP) is 21.0. The van der Waals surface area contributed by atoms with Crippen LogP contribution in [0.5, 0.6) is 0 Å². The van der Waals surface area contributed by atoms with Gasteiger partial charge in [0, 0.05) is 115 Å². The summed E-state index contributed by atoms with van der Waals surface area (Å²) in [4.78, 5) is 0. The highest BCUT2D eigenvalue weighted by molar-refractivity contribution is 5.85. The summed E-state index contributed by atoms with van der Waals surface area (Å²) in [5.41, 5.74) is 37.7. The minimum Gasteiger partial charge on any atom is -0.194 e. The monoisotopic (exact) mass is 1300 g/mol. The smallest absolute Gasteiger partial charge is 0.194 e. The number of aryl methyl sites for hydroxylation is 18. The topological polar surface area (TPSA) is 19.4 Å². The zero-order chi connectivity index (χ0) is 70.5. The molecule has 99 heavy (non-hydrogen) atoms. The minimum absolute atomic E-state index is 1.26. The highest BCUT2D eigenvalue weighted by atomic mass is 15.0. The third-order valence-corrected chi connectivity index (χ3v) is 20.2. The van der Waals surface area contributed by atoms with E-state index in [2.05, 4.69) is 404 Å². The van der Waals surface area contributed by atoms with Crippen molar-refractivity contribution in [2.45, 2.75) is 96.9 Å². The van der Waals surface area contributed by atoms with Crippen molar-refractivity contribution < 1.29 is 22.8 Å². The largest absolute Gasteiger partial charge is 0.213 e. The molecule has 0 fully saturated rings. The zero-order valence-corrected chi connectivity index (χ0v) is 61.9. The average molecular weight is 1300 g/mol. The Labute approximate surface area is 588 Å². The molecule has 15 aromatic rings. The Kier molecular flexibility index (Phi) is 21.0. The first-order valence-electron chi connectivity index (χ1n) is 34.8. The number of fused-ring (bicyclic) bond motifs is 5. The summed E-state index contributed by atoms with van der Waals surface area (Å²) < 4.78 is 11.5. The van der Waals surface area contributed by atoms with Crippen molar-refractivity contribution in [2.24, 2.45) is 35.2 Å². The Morgan fingerprint density at radius 1 is 0.182 bits per heavy atom. The molecule has 15 rings (SSSR count). The van der Waals surface area contributed by atoms with Crippen LogP contribution in [0.3, 0.4) is 0 Å². The first-order valence-corrected chi connectivity index (χ1v) is 34.8. The molecule has 0 atom stereocenters. The van der Waals surface area contributed by atoms with Crippen LogP contribution in [-0.2, 0) is 35.2 Å². The van der Waals surface area contributed by atoms with E-state index in [1.54, 1.807) is 0 Å². The summed E-state index contributed by atoms with van der Waals surface area (Å²) in [6.07, 6.45) is 0. The third-order valence-electron chi connectivity index (χ3n) is 20.2. The van der Waals surface area contributed by atoms with E-state index in [1.165, 1.54) is 189 Å². The van der Waals surface area contributed by atoms with Crippen LogP contribution in [0.15, 0.2) is 249 Å². The van der Waals surface area contributed by atoms with Gasteiger partial charge in [0.25, 0.3) is 0 Å². The lowest BCUT2D eigenvalue weighted by Gasteiger charge is -2.10. The Morgan fingerprint density at radius 2 is 0.475 bits per heavy atom. The van der Waals surface area contributed by atoms with Gasteiger partial charge in [-0.05, 0) is 220 Å². The summed E-state index contributed by atoms with van der Waals surface area (Å²) in [5, 5.41) is 6.55. The fraction of sp³-hybridized carbons (Fsp3) is 0.202. The summed E-state index contributed by atoms with van der Waals surface area (Å²) in [6.45, 7) is 30.3. The number of hydrogen-bond acceptors (Lipinski definition) is 0. The Bertz CT molecular complexity index is 5550. The molecular formula is C94H98N5+5. The Morgan fingerprint density at radius 3 is 0.859 bits per heavy atom. The molecule has 5 heterocycles. The predicted molar refractivity (Wildman–Crippen MR) is 419 cm³/mol. The van der Waals surface area contributed by atoms with Crippen molar-refractivity contribution in [3.8, 4) is 56.3 Å². The molecule has 0 bridgehead atoms. The second-order valence-electron chi connectivity index (χ2n) is 27.6. The Hall–Kier alpha value is -10.8. The van der Waals surface area contributed by atoms with E-state index < -0.39 is 0 Å². The lowest BCUT2D eigenvalue weighted by Crippen LogP contribution is -2.32.